The Morgan fingerprint density at radius 2 is 1.90 bits per heavy atom. The molecule has 5 nitrogen and oxygen atoms in total. The van der Waals surface area contributed by atoms with E-state index in [1.807, 2.05) is 6.92 Å². The van der Waals surface area contributed by atoms with Crippen molar-refractivity contribution in [3.63, 3.8) is 0 Å². The van der Waals surface area contributed by atoms with Crippen LogP contribution in [0.1, 0.15) is 5.56 Å². The summed E-state index contributed by atoms with van der Waals surface area (Å²) in [5.74, 6) is 0. The highest BCUT2D eigenvalue weighted by molar-refractivity contribution is 7.86. The van der Waals surface area contributed by atoms with E-state index in [-0.39, 0.29) is 17.6 Å². The molecule has 0 bridgehead atoms. The average molecular weight is 300 g/mol. The van der Waals surface area contributed by atoms with Gasteiger partial charge in [0.25, 0.3) is 10.1 Å². The summed E-state index contributed by atoms with van der Waals surface area (Å²) in [6.07, 6.45) is -0.320. The molecule has 0 amide bonds. The van der Waals surface area contributed by atoms with Crippen LogP contribution in [0.3, 0.4) is 0 Å². The Bertz CT molecular complexity index is 489. The highest BCUT2D eigenvalue weighted by Crippen LogP contribution is 2.14. The SMILES string of the molecule is C=C.Cc1ccc(S(=O)(=O)OC[C@@H]2COCCO2)cc1. The molecule has 1 aliphatic rings. The second kappa shape index (κ2) is 8.16. The monoisotopic (exact) mass is 300 g/mol. The van der Waals surface area contributed by atoms with Crippen molar-refractivity contribution in [1.29, 1.82) is 0 Å². The summed E-state index contributed by atoms with van der Waals surface area (Å²) in [7, 11) is -3.71. The summed E-state index contributed by atoms with van der Waals surface area (Å²) in [6.45, 7) is 9.25. The van der Waals surface area contributed by atoms with Gasteiger partial charge >= 0.3 is 0 Å². The van der Waals surface area contributed by atoms with Crippen molar-refractivity contribution in [1.82, 2.24) is 0 Å². The summed E-state index contributed by atoms with van der Waals surface area (Å²) in [5.41, 5.74) is 0.998. The van der Waals surface area contributed by atoms with E-state index in [0.29, 0.717) is 19.8 Å². The standard InChI is InChI=1S/C12H16O5S.C2H4/c1-10-2-4-12(5-3-10)18(13,14)17-9-11-8-15-6-7-16-11;1-2/h2-5,11H,6-9H2,1H3;1-2H2/t11-;/m0./s1. The number of hydrogen-bond donors (Lipinski definition) is 0. The topological polar surface area (TPSA) is 61.8 Å². The third-order valence-corrected chi connectivity index (χ3v) is 3.90. The van der Waals surface area contributed by atoms with E-state index >= 15 is 0 Å². The minimum Gasteiger partial charge on any atom is -0.376 e. The summed E-state index contributed by atoms with van der Waals surface area (Å²) in [4.78, 5) is 0.157. The van der Waals surface area contributed by atoms with Gasteiger partial charge in [0.2, 0.25) is 0 Å². The molecule has 2 rings (SSSR count). The van der Waals surface area contributed by atoms with Gasteiger partial charge in [-0.3, -0.25) is 4.18 Å². The second-order valence-electron chi connectivity index (χ2n) is 4.12. The van der Waals surface area contributed by atoms with Gasteiger partial charge in [0.15, 0.2) is 0 Å². The molecular weight excluding hydrogens is 280 g/mol. The van der Waals surface area contributed by atoms with E-state index in [2.05, 4.69) is 13.2 Å². The van der Waals surface area contributed by atoms with E-state index in [1.54, 1.807) is 12.1 Å². The van der Waals surface area contributed by atoms with Gasteiger partial charge in [-0.1, -0.05) is 17.7 Å². The van der Waals surface area contributed by atoms with Crippen molar-refractivity contribution in [3.05, 3.63) is 43.0 Å². The molecular formula is C14H20O5S. The van der Waals surface area contributed by atoms with Crippen LogP contribution in [0.25, 0.3) is 0 Å². The molecule has 0 saturated carbocycles. The molecule has 1 heterocycles. The predicted molar refractivity (Wildman–Crippen MR) is 76.1 cm³/mol. The van der Waals surface area contributed by atoms with Gasteiger partial charge in [-0.15, -0.1) is 13.2 Å². The Morgan fingerprint density at radius 3 is 2.45 bits per heavy atom. The Kier molecular flexibility index (Phi) is 6.87. The molecule has 1 aromatic carbocycles. The second-order valence-corrected chi connectivity index (χ2v) is 5.73. The molecule has 1 aliphatic heterocycles. The van der Waals surface area contributed by atoms with Crippen LogP contribution in [0, 0.1) is 6.92 Å². The van der Waals surface area contributed by atoms with E-state index in [4.69, 9.17) is 13.7 Å². The van der Waals surface area contributed by atoms with Crippen LogP contribution in [-0.4, -0.2) is 40.9 Å². The average Bonchev–Trinajstić information content (AvgIpc) is 2.49. The van der Waals surface area contributed by atoms with Gasteiger partial charge in [0, 0.05) is 0 Å². The van der Waals surface area contributed by atoms with Crippen LogP contribution >= 0.6 is 0 Å². The van der Waals surface area contributed by atoms with Crippen molar-refractivity contribution in [2.75, 3.05) is 26.4 Å². The number of aryl methyl sites for hydroxylation is 1. The largest absolute Gasteiger partial charge is 0.376 e. The first-order chi connectivity index (χ1) is 9.58. The van der Waals surface area contributed by atoms with E-state index < -0.39 is 10.1 Å². The molecule has 1 fully saturated rings. The first-order valence-electron chi connectivity index (χ1n) is 6.23. The zero-order chi connectivity index (χ0) is 15.0. The van der Waals surface area contributed by atoms with Gasteiger partial charge in [-0.05, 0) is 19.1 Å². The van der Waals surface area contributed by atoms with Crippen LogP contribution in [0.2, 0.25) is 0 Å². The molecule has 0 N–H and O–H groups in total. The molecule has 0 aliphatic carbocycles. The number of benzene rings is 1. The fourth-order valence-corrected chi connectivity index (χ4v) is 2.51. The molecule has 20 heavy (non-hydrogen) atoms. The van der Waals surface area contributed by atoms with Crippen molar-refractivity contribution in [2.24, 2.45) is 0 Å². The lowest BCUT2D eigenvalue weighted by Crippen LogP contribution is -2.33. The molecule has 6 heteroatoms. The normalized spacial score (nSPS) is 18.9. The van der Waals surface area contributed by atoms with Crippen molar-refractivity contribution in [3.8, 4) is 0 Å². The van der Waals surface area contributed by atoms with Crippen LogP contribution in [0.15, 0.2) is 42.3 Å². The Morgan fingerprint density at radius 1 is 1.25 bits per heavy atom. The fraction of sp³-hybridized carbons (Fsp3) is 0.429. The molecule has 0 unspecified atom stereocenters. The maximum absolute atomic E-state index is 11.9. The highest BCUT2D eigenvalue weighted by Gasteiger charge is 2.20. The molecule has 0 radical (unpaired) electrons. The first kappa shape index (κ1) is 16.8. The smallest absolute Gasteiger partial charge is 0.297 e. The molecule has 112 valence electrons. The molecule has 0 spiro atoms. The lowest BCUT2D eigenvalue weighted by atomic mass is 10.2. The first-order valence-corrected chi connectivity index (χ1v) is 7.64. The zero-order valence-corrected chi connectivity index (χ0v) is 12.4. The maximum Gasteiger partial charge on any atom is 0.297 e. The number of ether oxygens (including phenoxy) is 2. The third kappa shape index (κ3) is 5.05. The van der Waals surface area contributed by atoms with Crippen LogP contribution in [-0.2, 0) is 23.8 Å². The Hall–Kier alpha value is -1.21. The summed E-state index contributed by atoms with van der Waals surface area (Å²) < 4.78 is 39.2. The van der Waals surface area contributed by atoms with Crippen LogP contribution in [0.5, 0.6) is 0 Å². The van der Waals surface area contributed by atoms with E-state index in [0.717, 1.165) is 5.56 Å². The van der Waals surface area contributed by atoms with E-state index in [9.17, 15) is 8.42 Å². The Labute approximate surface area is 120 Å². The lowest BCUT2D eigenvalue weighted by molar-refractivity contribution is -0.101. The van der Waals surface area contributed by atoms with Crippen molar-refractivity contribution in [2.45, 2.75) is 17.9 Å². The maximum atomic E-state index is 11.9. The minimum absolute atomic E-state index is 0.0176. The summed E-state index contributed by atoms with van der Waals surface area (Å²) in [6, 6.07) is 6.53. The predicted octanol–water partition coefficient (Wildman–Crippen LogP) is 1.92. The van der Waals surface area contributed by atoms with Gasteiger partial charge in [0.05, 0.1) is 31.3 Å². The zero-order valence-electron chi connectivity index (χ0n) is 11.6. The van der Waals surface area contributed by atoms with Crippen molar-refractivity contribution >= 4 is 10.1 Å². The summed E-state index contributed by atoms with van der Waals surface area (Å²) in [5, 5.41) is 0. The van der Waals surface area contributed by atoms with Gasteiger partial charge < -0.3 is 9.47 Å². The highest BCUT2D eigenvalue weighted by atomic mass is 32.2. The third-order valence-electron chi connectivity index (χ3n) is 2.60. The molecule has 1 saturated heterocycles. The minimum atomic E-state index is -3.71. The Balaban J connectivity index is 0.000000956. The lowest BCUT2D eigenvalue weighted by Gasteiger charge is -2.22. The van der Waals surface area contributed by atoms with Crippen molar-refractivity contribution < 1.29 is 22.1 Å². The quantitative estimate of drug-likeness (QED) is 0.628. The molecule has 1 aromatic rings. The van der Waals surface area contributed by atoms with Crippen LogP contribution < -0.4 is 0 Å². The van der Waals surface area contributed by atoms with Gasteiger partial charge in [0.1, 0.15) is 6.10 Å². The molecule has 1 atom stereocenters. The summed E-state index contributed by atoms with van der Waals surface area (Å²) >= 11 is 0. The van der Waals surface area contributed by atoms with Gasteiger partial charge in [-0.2, -0.15) is 8.42 Å². The molecule has 0 aromatic heterocycles. The van der Waals surface area contributed by atoms with E-state index in [1.165, 1.54) is 12.1 Å². The van der Waals surface area contributed by atoms with Gasteiger partial charge in [-0.25, -0.2) is 0 Å². The van der Waals surface area contributed by atoms with Crippen LogP contribution in [0.4, 0.5) is 0 Å². The fourth-order valence-electron chi connectivity index (χ4n) is 1.57. The number of hydrogen-bond acceptors (Lipinski definition) is 5. The number of rotatable bonds is 4.